The van der Waals surface area contributed by atoms with Crippen LogP contribution in [0.5, 0.6) is 6.01 Å². The Morgan fingerprint density at radius 2 is 1.89 bits per heavy atom. The second-order valence-electron chi connectivity index (χ2n) is 10.8. The number of fused-ring (bicyclic) bond motifs is 2. The van der Waals surface area contributed by atoms with E-state index in [0.717, 1.165) is 83.9 Å². The predicted octanol–water partition coefficient (Wildman–Crippen LogP) is 4.02. The summed E-state index contributed by atoms with van der Waals surface area (Å²) in [7, 11) is 2.14. The van der Waals surface area contributed by atoms with Crippen LogP contribution in [0.4, 0.5) is 11.5 Å². The molecule has 4 heterocycles. The Labute approximate surface area is 228 Å². The topological polar surface area (TPSA) is 87.8 Å². The molecule has 2 fully saturated rings. The molecule has 2 atom stereocenters. The van der Waals surface area contributed by atoms with Crippen LogP contribution in [-0.2, 0) is 17.8 Å². The van der Waals surface area contributed by atoms with E-state index in [2.05, 4.69) is 46.0 Å². The lowest BCUT2D eigenvalue weighted by atomic mass is 9.96. The number of nitrogens with two attached hydrogens (primary N) is 1. The Morgan fingerprint density at radius 3 is 2.68 bits per heavy atom. The van der Waals surface area contributed by atoms with Crippen molar-refractivity contribution < 1.29 is 9.53 Å². The predicted molar refractivity (Wildman–Crippen MR) is 151 cm³/mol. The Hall–Kier alpha value is -3.10. The number of nitrogens with zero attached hydrogens (tertiary/aromatic N) is 5. The van der Waals surface area contributed by atoms with Crippen LogP contribution < -0.4 is 20.3 Å². The number of ether oxygens (including phenoxy) is 1. The van der Waals surface area contributed by atoms with Crippen molar-refractivity contribution in [3.63, 3.8) is 0 Å². The molecule has 2 aromatic carbocycles. The van der Waals surface area contributed by atoms with Crippen molar-refractivity contribution in [2.75, 3.05) is 49.6 Å². The number of piperidine rings is 1. The van der Waals surface area contributed by atoms with Gasteiger partial charge in [-0.1, -0.05) is 35.9 Å². The summed E-state index contributed by atoms with van der Waals surface area (Å²) in [5.74, 6) is 0.493. The van der Waals surface area contributed by atoms with Crippen LogP contribution in [0.3, 0.4) is 0 Å². The van der Waals surface area contributed by atoms with E-state index in [1.54, 1.807) is 0 Å². The molecular weight excluding hydrogens is 500 g/mol. The number of rotatable bonds is 6. The van der Waals surface area contributed by atoms with Crippen molar-refractivity contribution in [3.8, 4) is 6.01 Å². The van der Waals surface area contributed by atoms with E-state index in [9.17, 15) is 4.79 Å². The fraction of sp³-hybridized carbons (Fsp3) is 0.483. The number of benzene rings is 2. The number of halogens is 1. The first-order valence-corrected chi connectivity index (χ1v) is 14.0. The number of primary amides is 1. The average Bonchev–Trinajstić information content (AvgIpc) is 3.35. The van der Waals surface area contributed by atoms with Crippen molar-refractivity contribution in [3.05, 3.63) is 52.7 Å². The molecule has 0 bridgehead atoms. The molecule has 3 aromatic rings. The molecule has 8 nitrogen and oxygen atoms in total. The molecule has 3 aliphatic rings. The van der Waals surface area contributed by atoms with Gasteiger partial charge in [-0.3, -0.25) is 4.79 Å². The Kier molecular flexibility index (Phi) is 7.01. The van der Waals surface area contributed by atoms with E-state index in [-0.39, 0.29) is 11.8 Å². The van der Waals surface area contributed by atoms with Gasteiger partial charge in [-0.25, -0.2) is 0 Å². The first-order valence-electron chi connectivity index (χ1n) is 13.7. The molecule has 0 aliphatic carbocycles. The number of carbonyl (C=O) groups is 1. The minimum atomic E-state index is -0.239. The molecule has 2 N–H and O–H groups in total. The highest BCUT2D eigenvalue weighted by Crippen LogP contribution is 2.37. The van der Waals surface area contributed by atoms with Crippen LogP contribution in [-0.4, -0.2) is 66.7 Å². The summed E-state index contributed by atoms with van der Waals surface area (Å²) in [6, 6.07) is 13.1. The first-order chi connectivity index (χ1) is 18.5. The highest BCUT2D eigenvalue weighted by molar-refractivity contribution is 6.36. The van der Waals surface area contributed by atoms with Gasteiger partial charge in [0, 0.05) is 42.3 Å². The second kappa shape index (κ2) is 10.6. The van der Waals surface area contributed by atoms with Crippen molar-refractivity contribution >= 4 is 39.8 Å². The first kappa shape index (κ1) is 25.2. The van der Waals surface area contributed by atoms with Crippen LogP contribution in [0.2, 0.25) is 5.02 Å². The van der Waals surface area contributed by atoms with E-state index in [0.29, 0.717) is 31.7 Å². The SMILES string of the molecule is CN1CCC[C@H]1COc1nc2c(c(N3CCCC(C(N)=O)C3)n1)CCN(c1cccc3cccc(Cl)c13)C2. The van der Waals surface area contributed by atoms with Crippen molar-refractivity contribution in [1.82, 2.24) is 14.9 Å². The van der Waals surface area contributed by atoms with Crippen molar-refractivity contribution in [1.29, 1.82) is 0 Å². The quantitative estimate of drug-likeness (QED) is 0.511. The summed E-state index contributed by atoms with van der Waals surface area (Å²) >= 11 is 6.67. The number of hydrogen-bond acceptors (Lipinski definition) is 7. The van der Waals surface area contributed by atoms with Crippen LogP contribution in [0, 0.1) is 5.92 Å². The van der Waals surface area contributed by atoms with Gasteiger partial charge in [-0.15, -0.1) is 0 Å². The summed E-state index contributed by atoms with van der Waals surface area (Å²) in [6.45, 7) is 4.57. The molecule has 2 saturated heterocycles. The van der Waals surface area contributed by atoms with Gasteiger partial charge in [0.15, 0.2) is 0 Å². The smallest absolute Gasteiger partial charge is 0.318 e. The number of likely N-dealkylation sites (N-methyl/N-ethyl adjacent to an activating group) is 1. The zero-order valence-electron chi connectivity index (χ0n) is 21.9. The molecule has 200 valence electrons. The minimum absolute atomic E-state index is 0.163. The summed E-state index contributed by atoms with van der Waals surface area (Å²) in [5, 5.41) is 2.94. The Morgan fingerprint density at radius 1 is 1.08 bits per heavy atom. The van der Waals surface area contributed by atoms with E-state index < -0.39 is 0 Å². The van der Waals surface area contributed by atoms with Gasteiger partial charge in [0.25, 0.3) is 0 Å². The van der Waals surface area contributed by atoms with E-state index in [1.807, 2.05) is 12.1 Å². The number of hydrogen-bond donors (Lipinski definition) is 1. The van der Waals surface area contributed by atoms with Gasteiger partial charge in [0.1, 0.15) is 12.4 Å². The van der Waals surface area contributed by atoms with Crippen LogP contribution in [0.15, 0.2) is 36.4 Å². The lowest BCUT2D eigenvalue weighted by Gasteiger charge is -2.37. The third-order valence-corrected chi connectivity index (χ3v) is 8.71. The molecule has 38 heavy (non-hydrogen) atoms. The fourth-order valence-electron chi connectivity index (χ4n) is 6.22. The Bertz CT molecular complexity index is 1340. The van der Waals surface area contributed by atoms with Gasteiger partial charge < -0.3 is 25.2 Å². The molecule has 0 radical (unpaired) electrons. The second-order valence-corrected chi connectivity index (χ2v) is 11.2. The molecule has 1 aromatic heterocycles. The normalized spacial score (nSPS) is 22.1. The van der Waals surface area contributed by atoms with Gasteiger partial charge in [0.05, 0.1) is 23.2 Å². The molecule has 9 heteroatoms. The van der Waals surface area contributed by atoms with Crippen LogP contribution in [0.25, 0.3) is 10.8 Å². The number of amides is 1. The molecule has 1 unspecified atom stereocenters. The van der Waals surface area contributed by atoms with Gasteiger partial charge in [0.2, 0.25) is 5.91 Å². The molecule has 3 aliphatic heterocycles. The average molecular weight is 535 g/mol. The number of aromatic nitrogens is 2. The van der Waals surface area contributed by atoms with Gasteiger partial charge >= 0.3 is 6.01 Å². The van der Waals surface area contributed by atoms with Crippen LogP contribution >= 0.6 is 11.6 Å². The Balaban J connectivity index is 1.34. The monoisotopic (exact) mass is 534 g/mol. The summed E-state index contributed by atoms with van der Waals surface area (Å²) in [4.78, 5) is 28.8. The third kappa shape index (κ3) is 4.87. The highest BCUT2D eigenvalue weighted by Gasteiger charge is 2.31. The zero-order chi connectivity index (χ0) is 26.2. The third-order valence-electron chi connectivity index (χ3n) is 8.39. The fourth-order valence-corrected chi connectivity index (χ4v) is 6.50. The summed E-state index contributed by atoms with van der Waals surface area (Å²) in [5.41, 5.74) is 8.93. The molecule has 1 amide bonds. The maximum absolute atomic E-state index is 12.0. The molecule has 6 rings (SSSR count). The molecular formula is C29H35ClN6O2. The van der Waals surface area contributed by atoms with E-state index >= 15 is 0 Å². The number of anilines is 2. The van der Waals surface area contributed by atoms with Crippen molar-refractivity contribution in [2.24, 2.45) is 11.7 Å². The van der Waals surface area contributed by atoms with Crippen molar-refractivity contribution in [2.45, 2.75) is 44.7 Å². The maximum Gasteiger partial charge on any atom is 0.318 e. The van der Waals surface area contributed by atoms with E-state index in [1.165, 1.54) is 6.42 Å². The van der Waals surface area contributed by atoms with Gasteiger partial charge in [-0.05, 0) is 63.2 Å². The largest absolute Gasteiger partial charge is 0.462 e. The lowest BCUT2D eigenvalue weighted by Crippen LogP contribution is -2.43. The van der Waals surface area contributed by atoms with E-state index in [4.69, 9.17) is 32.0 Å². The molecule has 0 saturated carbocycles. The highest BCUT2D eigenvalue weighted by atomic mass is 35.5. The zero-order valence-corrected chi connectivity index (χ0v) is 22.7. The standard InChI is InChI=1S/C29H35ClN6O2/c1-34-13-5-9-21(34)18-38-29-32-24-17-35(25-11-3-7-19-6-2-10-23(30)26(19)25)15-12-22(24)28(33-29)36-14-4-8-20(16-36)27(31)37/h2-3,6-7,10-11,20-21H,4-5,8-9,12-18H2,1H3,(H2,31,37)/t20?,21-/m0/s1. The maximum atomic E-state index is 12.0. The van der Waals surface area contributed by atoms with Gasteiger partial charge in [-0.2, -0.15) is 9.97 Å². The number of likely N-dealkylation sites (tertiary alicyclic amines) is 1. The molecule has 0 spiro atoms. The van der Waals surface area contributed by atoms with Crippen LogP contribution in [0.1, 0.15) is 36.9 Å². The summed E-state index contributed by atoms with van der Waals surface area (Å²) < 4.78 is 6.24. The minimum Gasteiger partial charge on any atom is -0.462 e. The summed E-state index contributed by atoms with van der Waals surface area (Å²) in [6.07, 6.45) is 4.85. The lowest BCUT2D eigenvalue weighted by molar-refractivity contribution is -0.122. The number of carbonyl (C=O) groups excluding carboxylic acids is 1.